The lowest BCUT2D eigenvalue weighted by Crippen LogP contribution is -2.34. The third-order valence-corrected chi connectivity index (χ3v) is 16.5. The zero-order valence-corrected chi connectivity index (χ0v) is 37.7. The molecule has 9 aromatic rings. The van der Waals surface area contributed by atoms with Gasteiger partial charge in [-0.05, 0) is 148 Å². The van der Waals surface area contributed by atoms with Gasteiger partial charge in [0.1, 0.15) is 0 Å². The van der Waals surface area contributed by atoms with Crippen LogP contribution in [0.4, 0.5) is 17.1 Å². The van der Waals surface area contributed by atoms with Crippen molar-refractivity contribution in [2.75, 3.05) is 4.90 Å². The van der Waals surface area contributed by atoms with E-state index in [1.165, 1.54) is 106 Å². The first-order valence-corrected chi connectivity index (χ1v) is 24.2. The lowest BCUT2D eigenvalue weighted by Gasteiger charge is -2.40. The fraction of sp³-hybridized carbons (Fsp3) is 0.0746. The second kappa shape index (κ2) is 13.9. The molecule has 0 heterocycles. The van der Waals surface area contributed by atoms with Crippen LogP contribution in [0.25, 0.3) is 50.1 Å². The molecule has 318 valence electrons. The molecule has 1 nitrogen and oxygen atoms in total. The molecule has 6 aliphatic carbocycles. The maximum Gasteiger partial charge on any atom is 0.0726 e. The Morgan fingerprint density at radius 1 is 0.368 bits per heavy atom. The van der Waals surface area contributed by atoms with Crippen LogP contribution < -0.4 is 4.90 Å². The molecule has 68 heavy (non-hydrogen) atoms. The lowest BCUT2D eigenvalue weighted by atomic mass is 9.62. The maximum absolute atomic E-state index is 2.56. The first-order valence-electron chi connectivity index (χ1n) is 24.2. The molecule has 9 aromatic carbocycles. The molecule has 3 unspecified atom stereocenters. The maximum atomic E-state index is 2.56. The summed E-state index contributed by atoms with van der Waals surface area (Å²) in [5.41, 5.74) is 28.0. The van der Waals surface area contributed by atoms with E-state index >= 15 is 0 Å². The third kappa shape index (κ3) is 4.75. The second-order valence-electron chi connectivity index (χ2n) is 19.5. The predicted octanol–water partition coefficient (Wildman–Crippen LogP) is 16.6. The number of hydrogen-bond donors (Lipinski definition) is 0. The number of nitrogens with zero attached hydrogens (tertiary/aromatic N) is 1. The van der Waals surface area contributed by atoms with Crippen LogP contribution in [-0.2, 0) is 10.8 Å². The van der Waals surface area contributed by atoms with E-state index < -0.39 is 10.8 Å². The molecular weight excluding hydrogens is 819 g/mol. The highest BCUT2D eigenvalue weighted by Gasteiger charge is 2.56. The summed E-state index contributed by atoms with van der Waals surface area (Å²) in [5, 5.41) is 0. The van der Waals surface area contributed by atoms with Crippen LogP contribution in [0.1, 0.15) is 51.4 Å². The molecule has 0 radical (unpaired) electrons. The van der Waals surface area contributed by atoms with Crippen molar-refractivity contribution in [1.29, 1.82) is 0 Å². The van der Waals surface area contributed by atoms with Crippen molar-refractivity contribution in [3.8, 4) is 44.5 Å². The molecule has 2 spiro atoms. The minimum atomic E-state index is -0.454. The summed E-state index contributed by atoms with van der Waals surface area (Å²) in [6.07, 6.45) is 11.7. The Hall–Kier alpha value is -8.26. The molecule has 0 saturated heterocycles. The molecular formula is C67H45N. The van der Waals surface area contributed by atoms with Gasteiger partial charge in [0.2, 0.25) is 0 Å². The summed E-state index contributed by atoms with van der Waals surface area (Å²) in [5.74, 6) is 0.604. The second-order valence-corrected chi connectivity index (χ2v) is 19.5. The highest BCUT2D eigenvalue weighted by molar-refractivity contribution is 6.00. The normalized spacial score (nSPS) is 19.6. The summed E-state index contributed by atoms with van der Waals surface area (Å²) in [7, 11) is 0. The topological polar surface area (TPSA) is 3.24 Å². The molecule has 0 aliphatic heterocycles. The molecule has 0 bridgehead atoms. The Kier molecular flexibility index (Phi) is 7.74. The van der Waals surface area contributed by atoms with Gasteiger partial charge in [-0.1, -0.05) is 213 Å². The van der Waals surface area contributed by atoms with Crippen LogP contribution in [0, 0.1) is 11.8 Å². The van der Waals surface area contributed by atoms with Gasteiger partial charge in [0.05, 0.1) is 10.8 Å². The highest BCUT2D eigenvalue weighted by atomic mass is 15.1. The van der Waals surface area contributed by atoms with Crippen LogP contribution in [0.2, 0.25) is 0 Å². The Morgan fingerprint density at radius 3 is 1.35 bits per heavy atom. The van der Waals surface area contributed by atoms with E-state index in [2.05, 4.69) is 255 Å². The van der Waals surface area contributed by atoms with Gasteiger partial charge < -0.3 is 4.90 Å². The van der Waals surface area contributed by atoms with Crippen molar-refractivity contribution in [1.82, 2.24) is 0 Å². The fourth-order valence-electron chi connectivity index (χ4n) is 13.9. The molecule has 0 saturated carbocycles. The van der Waals surface area contributed by atoms with Crippen LogP contribution in [0.15, 0.2) is 254 Å². The van der Waals surface area contributed by atoms with Crippen LogP contribution >= 0.6 is 0 Å². The first kappa shape index (κ1) is 37.9. The van der Waals surface area contributed by atoms with E-state index in [0.717, 1.165) is 17.1 Å². The van der Waals surface area contributed by atoms with Crippen molar-refractivity contribution in [2.45, 2.75) is 17.8 Å². The number of anilines is 3. The quantitative estimate of drug-likeness (QED) is 0.170. The van der Waals surface area contributed by atoms with Gasteiger partial charge in [0, 0.05) is 23.0 Å². The van der Waals surface area contributed by atoms with E-state index in [1.807, 2.05) is 0 Å². The van der Waals surface area contributed by atoms with Gasteiger partial charge >= 0.3 is 0 Å². The first-order chi connectivity index (χ1) is 33.7. The van der Waals surface area contributed by atoms with E-state index in [1.54, 1.807) is 0 Å². The van der Waals surface area contributed by atoms with Crippen molar-refractivity contribution in [2.24, 2.45) is 11.8 Å². The van der Waals surface area contributed by atoms with Gasteiger partial charge in [0.25, 0.3) is 0 Å². The summed E-state index contributed by atoms with van der Waals surface area (Å²) in [6, 6.07) is 80.5. The number of fused-ring (bicyclic) bond motifs is 20. The van der Waals surface area contributed by atoms with E-state index in [0.29, 0.717) is 5.92 Å². The average molecular weight is 864 g/mol. The fourth-order valence-corrected chi connectivity index (χ4v) is 13.9. The molecule has 1 heteroatoms. The average Bonchev–Trinajstić information content (AvgIpc) is 4.08. The van der Waals surface area contributed by atoms with Crippen molar-refractivity contribution in [3.05, 3.63) is 298 Å². The Morgan fingerprint density at radius 2 is 0.794 bits per heavy atom. The number of hydrogen-bond acceptors (Lipinski definition) is 1. The van der Waals surface area contributed by atoms with Crippen LogP contribution in [0.5, 0.6) is 0 Å². The summed E-state index contributed by atoms with van der Waals surface area (Å²) in [4.78, 5) is 2.53. The number of allylic oxidation sites excluding steroid dienone is 8. The Balaban J connectivity index is 0.993. The van der Waals surface area contributed by atoms with E-state index in [-0.39, 0.29) is 5.92 Å². The highest BCUT2D eigenvalue weighted by Crippen LogP contribution is 2.67. The van der Waals surface area contributed by atoms with Crippen molar-refractivity contribution >= 4 is 22.6 Å². The molecule has 0 fully saturated rings. The van der Waals surface area contributed by atoms with Gasteiger partial charge in [0.15, 0.2) is 0 Å². The number of rotatable bonds is 4. The van der Waals surface area contributed by atoms with Gasteiger partial charge in [-0.3, -0.25) is 0 Å². The predicted molar refractivity (Wildman–Crippen MR) is 281 cm³/mol. The van der Waals surface area contributed by atoms with Crippen LogP contribution in [-0.4, -0.2) is 0 Å². The van der Waals surface area contributed by atoms with Crippen molar-refractivity contribution < 1.29 is 0 Å². The third-order valence-electron chi connectivity index (χ3n) is 16.5. The Bertz CT molecular complexity index is 3700. The Labute approximate surface area is 398 Å². The van der Waals surface area contributed by atoms with Crippen LogP contribution in [0.3, 0.4) is 0 Å². The SMILES string of the molecule is CC1C2=C(C=C3C=CC=CC31)c1ccccc1C21c2ccccc2-c2ccc(N(c3ccc(-c4ccccc4)cc3)c3ccc4c(c3)C3(c5ccccc5-c5ccccc53)c3ccccc3-4)cc21. The summed E-state index contributed by atoms with van der Waals surface area (Å²) < 4.78 is 0. The zero-order valence-electron chi connectivity index (χ0n) is 37.7. The minimum absolute atomic E-state index is 0.287. The number of benzene rings is 9. The van der Waals surface area contributed by atoms with E-state index in [4.69, 9.17) is 0 Å². The zero-order chi connectivity index (χ0) is 44.7. The smallest absolute Gasteiger partial charge is 0.0726 e. The molecule has 0 N–H and O–H groups in total. The lowest BCUT2D eigenvalue weighted by molar-refractivity contribution is 0.503. The van der Waals surface area contributed by atoms with Gasteiger partial charge in [-0.15, -0.1) is 0 Å². The standard InChI is InChI=1S/C67H45N/c1-42-49-20-6-5-19-45(49)39-57-54-25-11-16-30-62(54)67(65(42)57)61-29-15-10-24-53(61)56-38-36-48(41-64(56)67)68(46-33-31-44(32-34-46)43-17-3-2-4-18-43)47-35-37-55-52-23-9-14-28-60(52)66(63(55)40-47)58-26-12-7-21-50(58)51-22-8-13-27-59(51)66/h2-42,49H,1H3. The summed E-state index contributed by atoms with van der Waals surface area (Å²) >= 11 is 0. The minimum Gasteiger partial charge on any atom is -0.310 e. The van der Waals surface area contributed by atoms with Gasteiger partial charge in [-0.25, -0.2) is 0 Å². The van der Waals surface area contributed by atoms with Crippen molar-refractivity contribution in [3.63, 3.8) is 0 Å². The molecule has 3 atom stereocenters. The largest absolute Gasteiger partial charge is 0.310 e. The van der Waals surface area contributed by atoms with Gasteiger partial charge in [-0.2, -0.15) is 0 Å². The summed E-state index contributed by atoms with van der Waals surface area (Å²) in [6.45, 7) is 2.48. The van der Waals surface area contributed by atoms with E-state index in [9.17, 15) is 0 Å². The molecule has 6 aliphatic rings. The molecule has 15 rings (SSSR count). The monoisotopic (exact) mass is 863 g/mol. The molecule has 0 aromatic heterocycles. The molecule has 0 amide bonds.